The van der Waals surface area contributed by atoms with Gasteiger partial charge in [0, 0.05) is 30.2 Å². The molecule has 6 rings (SSSR count). The zero-order chi connectivity index (χ0) is 24.0. The fourth-order valence-corrected chi connectivity index (χ4v) is 5.85. The summed E-state index contributed by atoms with van der Waals surface area (Å²) in [7, 11) is -3.92. The molecule has 0 radical (unpaired) electrons. The van der Waals surface area contributed by atoms with Crippen LogP contribution < -0.4 is 0 Å². The monoisotopic (exact) mass is 491 g/mol. The van der Waals surface area contributed by atoms with Crippen LogP contribution in [-0.4, -0.2) is 48.6 Å². The Balaban J connectivity index is 1.44. The van der Waals surface area contributed by atoms with Crippen molar-refractivity contribution in [2.24, 2.45) is 0 Å². The molecule has 1 fully saturated rings. The number of nitrogens with zero attached hydrogens (tertiary/aromatic N) is 3. The molecule has 1 saturated heterocycles. The first-order valence-electron chi connectivity index (χ1n) is 11.3. The quantitative estimate of drug-likeness (QED) is 0.356. The van der Waals surface area contributed by atoms with E-state index in [1.54, 1.807) is 30.5 Å². The van der Waals surface area contributed by atoms with Crippen LogP contribution in [0.25, 0.3) is 33.1 Å². The van der Waals surface area contributed by atoms with Crippen molar-refractivity contribution in [2.45, 2.75) is 11.4 Å². The van der Waals surface area contributed by atoms with Crippen molar-refractivity contribution in [3.63, 3.8) is 0 Å². The van der Waals surface area contributed by atoms with E-state index >= 15 is 0 Å². The Morgan fingerprint density at radius 2 is 1.77 bits per heavy atom. The molecule has 0 saturated carbocycles. The molecule has 0 aliphatic carbocycles. The maximum absolute atomic E-state index is 14.2. The Hall–Kier alpha value is -3.53. The van der Waals surface area contributed by atoms with Crippen LogP contribution in [0.4, 0.5) is 4.39 Å². The number of morpholine rings is 1. The highest BCUT2D eigenvalue weighted by molar-refractivity contribution is 7.90. The van der Waals surface area contributed by atoms with E-state index in [1.165, 1.54) is 24.3 Å². The summed E-state index contributed by atoms with van der Waals surface area (Å²) in [5.41, 5.74) is 3.04. The smallest absolute Gasteiger partial charge is 0.268 e. The highest BCUT2D eigenvalue weighted by atomic mass is 32.2. The van der Waals surface area contributed by atoms with Crippen molar-refractivity contribution in [1.82, 2.24) is 13.9 Å². The summed E-state index contributed by atoms with van der Waals surface area (Å²) < 4.78 is 53.5. The SMILES string of the molecule is O=S(=O)(c1ccccc1)n1cc(-c2ccc3oc(CN4CCOCC4)nc3c2)c2ccc(F)cc21. The minimum atomic E-state index is -3.92. The van der Waals surface area contributed by atoms with Gasteiger partial charge in [0.25, 0.3) is 10.0 Å². The van der Waals surface area contributed by atoms with Crippen LogP contribution in [0.3, 0.4) is 0 Å². The van der Waals surface area contributed by atoms with Crippen molar-refractivity contribution >= 4 is 32.0 Å². The van der Waals surface area contributed by atoms with E-state index in [0.717, 1.165) is 22.6 Å². The highest BCUT2D eigenvalue weighted by Gasteiger charge is 2.23. The number of halogens is 1. The average Bonchev–Trinajstić information content (AvgIpc) is 3.45. The standard InChI is InChI=1S/C26H22FN3O4S/c27-19-7-8-21-22(16-30(24(21)15-19)35(31,32)20-4-2-1-3-5-20)18-6-9-25-23(14-18)28-26(34-25)17-29-10-12-33-13-11-29/h1-9,14-16H,10-13,17H2. The van der Waals surface area contributed by atoms with E-state index in [1.807, 2.05) is 18.2 Å². The molecule has 7 nitrogen and oxygen atoms in total. The molecule has 3 heterocycles. The third-order valence-corrected chi connectivity index (χ3v) is 7.93. The number of hydrogen-bond acceptors (Lipinski definition) is 6. The Morgan fingerprint density at radius 3 is 2.57 bits per heavy atom. The predicted molar refractivity (Wildman–Crippen MR) is 130 cm³/mol. The van der Waals surface area contributed by atoms with Crippen LogP contribution in [0.5, 0.6) is 0 Å². The van der Waals surface area contributed by atoms with Gasteiger partial charge in [-0.25, -0.2) is 21.8 Å². The molecular weight excluding hydrogens is 469 g/mol. The predicted octanol–water partition coefficient (Wildman–Crippen LogP) is 4.66. The van der Waals surface area contributed by atoms with Gasteiger partial charge in [-0.3, -0.25) is 4.90 Å². The first kappa shape index (κ1) is 22.0. The molecule has 0 amide bonds. The third-order valence-electron chi connectivity index (χ3n) is 6.24. The minimum Gasteiger partial charge on any atom is -0.439 e. The number of rotatable bonds is 5. The summed E-state index contributed by atoms with van der Waals surface area (Å²) in [6.45, 7) is 3.65. The molecule has 1 aliphatic heterocycles. The highest BCUT2D eigenvalue weighted by Crippen LogP contribution is 2.35. The van der Waals surface area contributed by atoms with Crippen molar-refractivity contribution in [1.29, 1.82) is 0 Å². The van der Waals surface area contributed by atoms with Crippen molar-refractivity contribution in [3.05, 3.63) is 84.6 Å². The Bertz CT molecular complexity index is 1640. The van der Waals surface area contributed by atoms with Gasteiger partial charge in [-0.05, 0) is 48.0 Å². The Kier molecular flexibility index (Phi) is 5.40. The van der Waals surface area contributed by atoms with E-state index in [9.17, 15) is 12.8 Å². The second kappa shape index (κ2) is 8.60. The lowest BCUT2D eigenvalue weighted by Gasteiger charge is -2.24. The van der Waals surface area contributed by atoms with Crippen molar-refractivity contribution in [2.75, 3.05) is 26.3 Å². The maximum atomic E-state index is 14.2. The molecular formula is C26H22FN3O4S. The number of ether oxygens (including phenoxy) is 1. The van der Waals surface area contributed by atoms with Crippen LogP contribution in [0.15, 0.2) is 82.2 Å². The molecule has 1 aliphatic rings. The molecule has 0 atom stereocenters. The van der Waals surface area contributed by atoms with Gasteiger partial charge in [-0.1, -0.05) is 24.3 Å². The van der Waals surface area contributed by atoms with E-state index in [2.05, 4.69) is 9.88 Å². The van der Waals surface area contributed by atoms with Crippen molar-refractivity contribution < 1.29 is 22.0 Å². The minimum absolute atomic E-state index is 0.132. The molecule has 3 aromatic carbocycles. The van der Waals surface area contributed by atoms with Crippen LogP contribution in [-0.2, 0) is 21.3 Å². The van der Waals surface area contributed by atoms with Gasteiger partial charge in [-0.2, -0.15) is 0 Å². The summed E-state index contributed by atoms with van der Waals surface area (Å²) in [6.07, 6.45) is 1.54. The molecule has 35 heavy (non-hydrogen) atoms. The van der Waals surface area contributed by atoms with Gasteiger partial charge in [0.1, 0.15) is 11.3 Å². The summed E-state index contributed by atoms with van der Waals surface area (Å²) in [6, 6.07) is 17.9. The van der Waals surface area contributed by atoms with Crippen LogP contribution >= 0.6 is 0 Å². The van der Waals surface area contributed by atoms with Gasteiger partial charge in [0.05, 0.1) is 30.2 Å². The molecule has 5 aromatic rings. The topological polar surface area (TPSA) is 77.6 Å². The molecule has 0 spiro atoms. The van der Waals surface area contributed by atoms with E-state index in [0.29, 0.717) is 47.7 Å². The number of benzene rings is 3. The van der Waals surface area contributed by atoms with Gasteiger partial charge in [0.2, 0.25) is 5.89 Å². The second-order valence-corrected chi connectivity index (χ2v) is 10.3. The summed E-state index contributed by atoms with van der Waals surface area (Å²) in [5, 5.41) is 0.627. The number of hydrogen-bond donors (Lipinski definition) is 0. The van der Waals surface area contributed by atoms with Gasteiger partial charge in [0.15, 0.2) is 5.58 Å². The van der Waals surface area contributed by atoms with Gasteiger partial charge < -0.3 is 9.15 Å². The van der Waals surface area contributed by atoms with Gasteiger partial charge >= 0.3 is 0 Å². The molecule has 2 aromatic heterocycles. The van der Waals surface area contributed by atoms with Gasteiger partial charge in [-0.15, -0.1) is 0 Å². The lowest BCUT2D eigenvalue weighted by atomic mass is 10.0. The zero-order valence-corrected chi connectivity index (χ0v) is 19.5. The number of aromatic nitrogens is 2. The third kappa shape index (κ3) is 4.01. The first-order chi connectivity index (χ1) is 17.0. The fraction of sp³-hybridized carbons (Fsp3) is 0.192. The second-order valence-electron chi connectivity index (χ2n) is 8.50. The summed E-state index contributed by atoms with van der Waals surface area (Å²) in [5.74, 6) is 0.113. The summed E-state index contributed by atoms with van der Waals surface area (Å²) >= 11 is 0. The largest absolute Gasteiger partial charge is 0.439 e. The van der Waals surface area contributed by atoms with E-state index < -0.39 is 15.8 Å². The lowest BCUT2D eigenvalue weighted by Crippen LogP contribution is -2.35. The van der Waals surface area contributed by atoms with E-state index in [-0.39, 0.29) is 10.4 Å². The molecule has 0 bridgehead atoms. The molecule has 178 valence electrons. The maximum Gasteiger partial charge on any atom is 0.268 e. The normalized spacial score (nSPS) is 15.2. The number of oxazole rings is 1. The van der Waals surface area contributed by atoms with Crippen molar-refractivity contribution in [3.8, 4) is 11.1 Å². The molecule has 0 unspecified atom stereocenters. The Labute approximate surface area is 201 Å². The summed E-state index contributed by atoms with van der Waals surface area (Å²) in [4.78, 5) is 7.02. The zero-order valence-electron chi connectivity index (χ0n) is 18.7. The van der Waals surface area contributed by atoms with Crippen LogP contribution in [0, 0.1) is 5.82 Å². The number of fused-ring (bicyclic) bond motifs is 2. The molecule has 0 N–H and O–H groups in total. The first-order valence-corrected chi connectivity index (χ1v) is 12.7. The van der Waals surface area contributed by atoms with Crippen LogP contribution in [0.1, 0.15) is 5.89 Å². The Morgan fingerprint density at radius 1 is 0.971 bits per heavy atom. The fourth-order valence-electron chi connectivity index (χ4n) is 4.47. The lowest BCUT2D eigenvalue weighted by molar-refractivity contribution is 0.0308. The van der Waals surface area contributed by atoms with Crippen LogP contribution in [0.2, 0.25) is 0 Å². The molecule has 9 heteroatoms. The van der Waals surface area contributed by atoms with E-state index in [4.69, 9.17) is 9.15 Å². The average molecular weight is 492 g/mol.